The average molecular weight is 253 g/mol. The number of anilines is 1. The summed E-state index contributed by atoms with van der Waals surface area (Å²) in [6.45, 7) is 5.57. The third kappa shape index (κ3) is 2.46. The minimum absolute atomic E-state index is 0.137. The lowest BCUT2D eigenvalue weighted by Crippen LogP contribution is -2.44. The first-order chi connectivity index (χ1) is 8.67. The molecular formula is C13H20FN3O. The Morgan fingerprint density at radius 2 is 2.28 bits per heavy atom. The van der Waals surface area contributed by atoms with Crippen molar-refractivity contribution in [2.45, 2.75) is 32.8 Å². The van der Waals surface area contributed by atoms with Gasteiger partial charge in [-0.25, -0.2) is 14.4 Å². The lowest BCUT2D eigenvalue weighted by Gasteiger charge is -2.37. The predicted octanol–water partition coefficient (Wildman–Crippen LogP) is 2.04. The monoisotopic (exact) mass is 253 g/mol. The third-order valence-corrected chi connectivity index (χ3v) is 3.67. The molecule has 0 N–H and O–H groups in total. The summed E-state index contributed by atoms with van der Waals surface area (Å²) in [4.78, 5) is 10.0. The first-order valence-corrected chi connectivity index (χ1v) is 6.44. The molecule has 2 atom stereocenters. The highest BCUT2D eigenvalue weighted by Gasteiger charge is 2.28. The van der Waals surface area contributed by atoms with Crippen LogP contribution in [0.2, 0.25) is 0 Å². The van der Waals surface area contributed by atoms with Gasteiger partial charge in [0.2, 0.25) is 0 Å². The van der Waals surface area contributed by atoms with E-state index in [4.69, 9.17) is 4.74 Å². The van der Waals surface area contributed by atoms with Gasteiger partial charge in [-0.05, 0) is 18.8 Å². The molecule has 1 saturated heterocycles. The number of nitrogens with zero attached hydrogens (tertiary/aromatic N) is 3. The highest BCUT2D eigenvalue weighted by molar-refractivity contribution is 5.41. The number of hydrogen-bond donors (Lipinski definition) is 0. The van der Waals surface area contributed by atoms with E-state index in [0.717, 1.165) is 13.0 Å². The Morgan fingerprint density at radius 1 is 1.50 bits per heavy atom. The van der Waals surface area contributed by atoms with Crippen molar-refractivity contribution < 1.29 is 9.13 Å². The number of methoxy groups -OCH3 is 1. The molecule has 1 aliphatic rings. The minimum Gasteiger partial charge on any atom is -0.379 e. The first kappa shape index (κ1) is 13.2. The number of ether oxygens (including phenoxy) is 1. The van der Waals surface area contributed by atoms with Gasteiger partial charge in [0.15, 0.2) is 11.6 Å². The summed E-state index contributed by atoms with van der Waals surface area (Å²) in [6.07, 6.45) is 3.15. The summed E-state index contributed by atoms with van der Waals surface area (Å²) in [5.74, 6) is 0.627. The summed E-state index contributed by atoms with van der Waals surface area (Å²) in [6, 6.07) is 0. The van der Waals surface area contributed by atoms with Crippen LogP contribution in [0.3, 0.4) is 0 Å². The van der Waals surface area contributed by atoms with Gasteiger partial charge in [0.25, 0.3) is 0 Å². The summed E-state index contributed by atoms with van der Waals surface area (Å²) in [5.41, 5.74) is 0.479. The third-order valence-electron chi connectivity index (χ3n) is 3.67. The van der Waals surface area contributed by atoms with E-state index in [9.17, 15) is 4.39 Å². The fourth-order valence-corrected chi connectivity index (χ4v) is 2.40. The Labute approximate surface area is 107 Å². The van der Waals surface area contributed by atoms with E-state index in [2.05, 4.69) is 16.9 Å². The molecule has 2 rings (SSSR count). The maximum Gasteiger partial charge on any atom is 0.187 e. The second-order valence-electron chi connectivity index (χ2n) is 4.80. The van der Waals surface area contributed by atoms with Gasteiger partial charge in [0.1, 0.15) is 6.33 Å². The highest BCUT2D eigenvalue weighted by Crippen LogP contribution is 2.25. The van der Waals surface area contributed by atoms with E-state index in [1.165, 1.54) is 6.33 Å². The standard InChI is InChI=1S/C13H20FN3O/c1-4-10-12(14)13(16-8-15-10)17-6-5-9(2)11(7-17)18-3/h8-9,11H,4-7H2,1-3H3. The highest BCUT2D eigenvalue weighted by atomic mass is 19.1. The molecular weight excluding hydrogens is 233 g/mol. The van der Waals surface area contributed by atoms with Crippen molar-refractivity contribution in [1.82, 2.24) is 9.97 Å². The Morgan fingerprint density at radius 3 is 2.94 bits per heavy atom. The molecule has 1 aromatic rings. The molecule has 0 bridgehead atoms. The van der Waals surface area contributed by atoms with Gasteiger partial charge in [-0.2, -0.15) is 0 Å². The smallest absolute Gasteiger partial charge is 0.187 e. The zero-order chi connectivity index (χ0) is 13.1. The van der Waals surface area contributed by atoms with Crippen molar-refractivity contribution in [3.8, 4) is 0 Å². The van der Waals surface area contributed by atoms with Crippen LogP contribution in [0.25, 0.3) is 0 Å². The fraction of sp³-hybridized carbons (Fsp3) is 0.692. The van der Waals surface area contributed by atoms with Crippen molar-refractivity contribution in [3.05, 3.63) is 17.8 Å². The Hall–Kier alpha value is -1.23. The number of aromatic nitrogens is 2. The normalized spacial score (nSPS) is 24.3. The largest absolute Gasteiger partial charge is 0.379 e. The Bertz CT molecular complexity index is 413. The van der Waals surface area contributed by atoms with Crippen LogP contribution in [0.4, 0.5) is 10.2 Å². The lowest BCUT2D eigenvalue weighted by atomic mass is 9.96. The number of halogens is 1. The van der Waals surface area contributed by atoms with Gasteiger partial charge in [-0.15, -0.1) is 0 Å². The zero-order valence-electron chi connectivity index (χ0n) is 11.2. The van der Waals surface area contributed by atoms with Crippen LogP contribution in [0.1, 0.15) is 26.0 Å². The van der Waals surface area contributed by atoms with E-state index in [1.807, 2.05) is 11.8 Å². The second kappa shape index (κ2) is 5.61. The molecule has 0 aliphatic carbocycles. The topological polar surface area (TPSA) is 38.2 Å². The van der Waals surface area contributed by atoms with Crippen LogP contribution < -0.4 is 4.90 Å². The number of aryl methyl sites for hydroxylation is 1. The maximum absolute atomic E-state index is 14.2. The molecule has 18 heavy (non-hydrogen) atoms. The molecule has 5 heteroatoms. The molecule has 100 valence electrons. The van der Waals surface area contributed by atoms with Crippen LogP contribution >= 0.6 is 0 Å². The van der Waals surface area contributed by atoms with Crippen LogP contribution in [-0.4, -0.2) is 36.3 Å². The van der Waals surface area contributed by atoms with E-state index in [1.54, 1.807) is 7.11 Å². The Kier molecular flexibility index (Phi) is 4.11. The number of rotatable bonds is 3. The van der Waals surface area contributed by atoms with Gasteiger partial charge in [0, 0.05) is 20.2 Å². The van der Waals surface area contributed by atoms with Gasteiger partial charge in [-0.3, -0.25) is 0 Å². The first-order valence-electron chi connectivity index (χ1n) is 6.44. The zero-order valence-corrected chi connectivity index (χ0v) is 11.2. The van der Waals surface area contributed by atoms with Crippen molar-refractivity contribution in [3.63, 3.8) is 0 Å². The molecule has 4 nitrogen and oxygen atoms in total. The predicted molar refractivity (Wildman–Crippen MR) is 68.2 cm³/mol. The van der Waals surface area contributed by atoms with Crippen LogP contribution in [-0.2, 0) is 11.2 Å². The van der Waals surface area contributed by atoms with Crippen molar-refractivity contribution in [1.29, 1.82) is 0 Å². The molecule has 2 heterocycles. The van der Waals surface area contributed by atoms with E-state index in [0.29, 0.717) is 30.4 Å². The van der Waals surface area contributed by atoms with E-state index < -0.39 is 0 Å². The van der Waals surface area contributed by atoms with Crippen molar-refractivity contribution in [2.75, 3.05) is 25.1 Å². The van der Waals surface area contributed by atoms with Crippen molar-refractivity contribution >= 4 is 5.82 Å². The van der Waals surface area contributed by atoms with Gasteiger partial charge in [-0.1, -0.05) is 13.8 Å². The fourth-order valence-electron chi connectivity index (χ4n) is 2.40. The van der Waals surface area contributed by atoms with Crippen LogP contribution in [0.5, 0.6) is 0 Å². The van der Waals surface area contributed by atoms with Gasteiger partial charge < -0.3 is 9.64 Å². The molecule has 2 unspecified atom stereocenters. The lowest BCUT2D eigenvalue weighted by molar-refractivity contribution is 0.0494. The minimum atomic E-state index is -0.288. The molecule has 0 amide bonds. The summed E-state index contributed by atoms with van der Waals surface area (Å²) >= 11 is 0. The maximum atomic E-state index is 14.2. The molecule has 0 radical (unpaired) electrons. The van der Waals surface area contributed by atoms with Gasteiger partial charge in [0.05, 0.1) is 11.8 Å². The SMILES string of the molecule is CCc1ncnc(N2CCC(C)C(OC)C2)c1F. The molecule has 1 aromatic heterocycles. The van der Waals surface area contributed by atoms with Crippen LogP contribution in [0.15, 0.2) is 6.33 Å². The summed E-state index contributed by atoms with van der Waals surface area (Å²) < 4.78 is 19.6. The molecule has 1 fully saturated rings. The second-order valence-corrected chi connectivity index (χ2v) is 4.80. The summed E-state index contributed by atoms with van der Waals surface area (Å²) in [7, 11) is 1.71. The quantitative estimate of drug-likeness (QED) is 0.826. The van der Waals surface area contributed by atoms with Crippen LogP contribution in [0, 0.1) is 11.7 Å². The van der Waals surface area contributed by atoms with E-state index in [-0.39, 0.29) is 11.9 Å². The molecule has 0 saturated carbocycles. The molecule has 0 spiro atoms. The van der Waals surface area contributed by atoms with Crippen molar-refractivity contribution in [2.24, 2.45) is 5.92 Å². The van der Waals surface area contributed by atoms with E-state index >= 15 is 0 Å². The molecule has 1 aliphatic heterocycles. The summed E-state index contributed by atoms with van der Waals surface area (Å²) in [5, 5.41) is 0. The number of piperidine rings is 1. The van der Waals surface area contributed by atoms with Gasteiger partial charge >= 0.3 is 0 Å². The Balaban J connectivity index is 2.21. The molecule has 0 aromatic carbocycles. The average Bonchev–Trinajstić information content (AvgIpc) is 2.40. The number of hydrogen-bond acceptors (Lipinski definition) is 4.